The molecule has 0 fully saturated rings. The fourth-order valence-corrected chi connectivity index (χ4v) is 4.05. The van der Waals surface area contributed by atoms with Gasteiger partial charge in [0.2, 0.25) is 17.7 Å². The van der Waals surface area contributed by atoms with Crippen LogP contribution in [-0.4, -0.2) is 58.0 Å². The molecule has 29 heavy (non-hydrogen) atoms. The summed E-state index contributed by atoms with van der Waals surface area (Å²) in [6.45, 7) is 2.30. The summed E-state index contributed by atoms with van der Waals surface area (Å²) < 4.78 is 5.59. The van der Waals surface area contributed by atoms with Crippen LogP contribution in [0, 0.1) is 5.92 Å². The van der Waals surface area contributed by atoms with Gasteiger partial charge in [0.1, 0.15) is 0 Å². The predicted octanol–water partition coefficient (Wildman–Crippen LogP) is 1.96. The van der Waals surface area contributed by atoms with E-state index >= 15 is 0 Å². The topological polar surface area (TPSA) is 109 Å². The van der Waals surface area contributed by atoms with Crippen molar-refractivity contribution in [3.05, 3.63) is 35.7 Å². The summed E-state index contributed by atoms with van der Waals surface area (Å²) in [5.74, 6) is -0.542. The number of hydrogen-bond donors (Lipinski definition) is 0. The molecule has 9 nitrogen and oxygen atoms in total. The quantitative estimate of drug-likeness (QED) is 0.689. The zero-order chi connectivity index (χ0) is 20.5. The second-order valence-electron chi connectivity index (χ2n) is 6.86. The Morgan fingerprint density at radius 3 is 2.90 bits per heavy atom. The van der Waals surface area contributed by atoms with Gasteiger partial charge in [0.05, 0.1) is 11.7 Å². The number of imide groups is 1. The van der Waals surface area contributed by atoms with Crippen molar-refractivity contribution in [1.82, 2.24) is 15.1 Å². The second-order valence-corrected chi connectivity index (χ2v) is 7.79. The second kappa shape index (κ2) is 7.78. The Morgan fingerprint density at radius 2 is 2.07 bits per heavy atom. The SMILES string of the molecule is CC1=NC(=O)N(C)C(=O)C1Cc1nnc(SCC(=O)N2CCc3ccccc32)o1. The van der Waals surface area contributed by atoms with E-state index < -0.39 is 11.9 Å². The van der Waals surface area contributed by atoms with Gasteiger partial charge in [-0.25, -0.2) is 9.79 Å². The van der Waals surface area contributed by atoms with Gasteiger partial charge < -0.3 is 9.32 Å². The van der Waals surface area contributed by atoms with Crippen molar-refractivity contribution in [2.24, 2.45) is 10.9 Å². The molecular formula is C19H19N5O4S. The molecule has 0 saturated heterocycles. The molecule has 3 heterocycles. The summed E-state index contributed by atoms with van der Waals surface area (Å²) in [4.78, 5) is 43.1. The van der Waals surface area contributed by atoms with Crippen molar-refractivity contribution in [2.75, 3.05) is 24.2 Å². The van der Waals surface area contributed by atoms with E-state index in [1.165, 1.54) is 12.6 Å². The molecule has 4 amide bonds. The van der Waals surface area contributed by atoms with E-state index in [4.69, 9.17) is 4.42 Å². The molecule has 1 aromatic carbocycles. The highest BCUT2D eigenvalue weighted by Crippen LogP contribution is 2.29. The maximum Gasteiger partial charge on any atom is 0.349 e. The number of amides is 4. The van der Waals surface area contributed by atoms with Crippen LogP contribution in [0.4, 0.5) is 10.5 Å². The van der Waals surface area contributed by atoms with E-state index in [-0.39, 0.29) is 35.1 Å². The summed E-state index contributed by atoms with van der Waals surface area (Å²) in [5.41, 5.74) is 2.55. The Balaban J connectivity index is 1.37. The van der Waals surface area contributed by atoms with Crippen molar-refractivity contribution in [2.45, 2.75) is 25.0 Å². The first-order valence-corrected chi connectivity index (χ1v) is 10.1. The van der Waals surface area contributed by atoms with E-state index in [1.807, 2.05) is 24.3 Å². The maximum absolute atomic E-state index is 12.6. The first-order valence-electron chi connectivity index (χ1n) is 9.14. The first-order chi connectivity index (χ1) is 13.9. The molecular weight excluding hydrogens is 394 g/mol. The van der Waals surface area contributed by atoms with Crippen LogP contribution in [0.2, 0.25) is 0 Å². The average molecular weight is 413 g/mol. The third-order valence-electron chi connectivity index (χ3n) is 5.03. The summed E-state index contributed by atoms with van der Waals surface area (Å²) in [7, 11) is 1.39. The Hall–Kier alpha value is -3.01. The van der Waals surface area contributed by atoms with Crippen molar-refractivity contribution in [3.8, 4) is 0 Å². The fourth-order valence-electron chi connectivity index (χ4n) is 3.40. The molecule has 0 bridgehead atoms. The Labute approximate surface area is 171 Å². The van der Waals surface area contributed by atoms with Crippen molar-refractivity contribution in [3.63, 3.8) is 0 Å². The van der Waals surface area contributed by atoms with Gasteiger partial charge in [-0.15, -0.1) is 10.2 Å². The highest BCUT2D eigenvalue weighted by atomic mass is 32.2. The van der Waals surface area contributed by atoms with Gasteiger partial charge in [-0.05, 0) is 25.0 Å². The number of fused-ring (bicyclic) bond motifs is 1. The summed E-state index contributed by atoms with van der Waals surface area (Å²) in [6, 6.07) is 7.29. The van der Waals surface area contributed by atoms with Gasteiger partial charge in [-0.1, -0.05) is 30.0 Å². The largest absolute Gasteiger partial charge is 0.416 e. The number of rotatable bonds is 5. The lowest BCUT2D eigenvalue weighted by Crippen LogP contribution is -2.44. The molecule has 2 aromatic rings. The third-order valence-corrected chi connectivity index (χ3v) is 5.83. The molecule has 0 saturated carbocycles. The average Bonchev–Trinajstić information content (AvgIpc) is 3.34. The zero-order valence-electron chi connectivity index (χ0n) is 16.0. The van der Waals surface area contributed by atoms with E-state index in [0.717, 1.165) is 28.8 Å². The van der Waals surface area contributed by atoms with Gasteiger partial charge in [-0.2, -0.15) is 0 Å². The molecule has 1 unspecified atom stereocenters. The Kier molecular flexibility index (Phi) is 5.18. The van der Waals surface area contributed by atoms with Crippen LogP contribution < -0.4 is 4.90 Å². The lowest BCUT2D eigenvalue weighted by Gasteiger charge is -2.24. The fraction of sp³-hybridized carbons (Fsp3) is 0.368. The monoisotopic (exact) mass is 413 g/mol. The number of aromatic nitrogens is 2. The van der Waals surface area contributed by atoms with Crippen LogP contribution >= 0.6 is 11.8 Å². The number of anilines is 1. The van der Waals surface area contributed by atoms with Crippen LogP contribution in [-0.2, 0) is 22.4 Å². The number of benzene rings is 1. The number of thioether (sulfide) groups is 1. The summed E-state index contributed by atoms with van der Waals surface area (Å²) >= 11 is 1.16. The van der Waals surface area contributed by atoms with Crippen molar-refractivity contribution < 1.29 is 18.8 Å². The molecule has 4 rings (SSSR count). The van der Waals surface area contributed by atoms with Crippen LogP contribution in [0.15, 0.2) is 38.9 Å². The van der Waals surface area contributed by atoms with E-state index in [0.29, 0.717) is 12.3 Å². The van der Waals surface area contributed by atoms with Crippen LogP contribution in [0.3, 0.4) is 0 Å². The normalized spacial score (nSPS) is 18.8. The van der Waals surface area contributed by atoms with Crippen molar-refractivity contribution >= 4 is 41.0 Å². The molecule has 2 aliphatic heterocycles. The van der Waals surface area contributed by atoms with Crippen LogP contribution in [0.5, 0.6) is 0 Å². The minimum absolute atomic E-state index is 0.0229. The number of hydrogen-bond acceptors (Lipinski definition) is 7. The van der Waals surface area contributed by atoms with Crippen LogP contribution in [0.1, 0.15) is 18.4 Å². The van der Waals surface area contributed by atoms with Gasteiger partial charge >= 0.3 is 6.03 Å². The smallest absolute Gasteiger partial charge is 0.349 e. The summed E-state index contributed by atoms with van der Waals surface area (Å²) in [6.07, 6.45) is 1.01. The van der Waals surface area contributed by atoms with Crippen LogP contribution in [0.25, 0.3) is 0 Å². The number of carbonyl (C=O) groups excluding carboxylic acids is 3. The third kappa shape index (κ3) is 3.80. The molecule has 1 aromatic heterocycles. The summed E-state index contributed by atoms with van der Waals surface area (Å²) in [5, 5.41) is 8.18. The number of urea groups is 1. The minimum Gasteiger partial charge on any atom is -0.416 e. The van der Waals surface area contributed by atoms with Gasteiger partial charge in [0.25, 0.3) is 5.22 Å². The molecule has 150 valence electrons. The molecule has 2 aliphatic rings. The van der Waals surface area contributed by atoms with E-state index in [2.05, 4.69) is 15.2 Å². The number of para-hydroxylation sites is 1. The van der Waals surface area contributed by atoms with E-state index in [9.17, 15) is 14.4 Å². The highest BCUT2D eigenvalue weighted by molar-refractivity contribution is 7.99. The lowest BCUT2D eigenvalue weighted by molar-refractivity contribution is -0.129. The molecule has 0 aliphatic carbocycles. The van der Waals surface area contributed by atoms with Gasteiger partial charge in [-0.3, -0.25) is 14.5 Å². The lowest BCUT2D eigenvalue weighted by atomic mass is 9.97. The molecule has 0 spiro atoms. The molecule has 10 heteroatoms. The zero-order valence-corrected chi connectivity index (χ0v) is 16.8. The number of carbonyl (C=O) groups is 3. The maximum atomic E-state index is 12.6. The Bertz CT molecular complexity index is 1020. The Morgan fingerprint density at radius 1 is 1.28 bits per heavy atom. The standard InChI is InChI=1S/C19H19N5O4S/c1-11-13(17(26)23(2)18(27)20-11)9-15-21-22-19(28-15)29-10-16(25)24-8-7-12-5-3-4-6-14(12)24/h3-6,13H,7-10H2,1-2H3. The number of aliphatic imine (C=N–C) groups is 1. The first kappa shape index (κ1) is 19.3. The van der Waals surface area contributed by atoms with Gasteiger partial charge in [0.15, 0.2) is 0 Å². The minimum atomic E-state index is -0.612. The number of nitrogens with zero attached hydrogens (tertiary/aromatic N) is 5. The van der Waals surface area contributed by atoms with Crippen molar-refractivity contribution in [1.29, 1.82) is 0 Å². The molecule has 0 radical (unpaired) electrons. The molecule has 0 N–H and O–H groups in total. The molecule has 1 atom stereocenters. The van der Waals surface area contributed by atoms with E-state index in [1.54, 1.807) is 11.8 Å². The van der Waals surface area contributed by atoms with Gasteiger partial charge in [0, 0.05) is 31.4 Å². The predicted molar refractivity (Wildman–Crippen MR) is 106 cm³/mol. The highest BCUT2D eigenvalue weighted by Gasteiger charge is 2.34.